The van der Waals surface area contributed by atoms with Crippen LogP contribution in [-0.2, 0) is 0 Å². The minimum absolute atomic E-state index is 0.231. The van der Waals surface area contributed by atoms with Gasteiger partial charge in [0.05, 0.1) is 23.9 Å². The Kier molecular flexibility index (Phi) is 4.59. The molecule has 0 saturated heterocycles. The molecule has 0 atom stereocenters. The predicted molar refractivity (Wildman–Crippen MR) is 82.3 cm³/mol. The van der Waals surface area contributed by atoms with Crippen LogP contribution in [0.1, 0.15) is 10.4 Å². The number of benzene rings is 1. The summed E-state index contributed by atoms with van der Waals surface area (Å²) in [5.74, 6) is 0.222. The van der Waals surface area contributed by atoms with Crippen LogP contribution in [0.25, 0.3) is 0 Å². The number of carbonyl (C=O) groups is 1. The number of rotatable bonds is 4. The molecule has 0 radical (unpaired) electrons. The molecule has 2 aromatic rings. The molecule has 0 aliphatic rings. The Bertz CT molecular complexity index is 661. The molecule has 6 nitrogen and oxygen atoms in total. The second-order valence-electron chi connectivity index (χ2n) is 4.42. The van der Waals surface area contributed by atoms with Crippen molar-refractivity contribution in [1.82, 2.24) is 9.97 Å². The number of nitrogens with one attached hydrogen (secondary N) is 1. The fourth-order valence-electron chi connectivity index (χ4n) is 1.72. The van der Waals surface area contributed by atoms with Crippen molar-refractivity contribution in [2.24, 2.45) is 0 Å². The quantitative estimate of drug-likeness (QED) is 0.940. The van der Waals surface area contributed by atoms with E-state index in [1.165, 1.54) is 13.3 Å². The standard InChI is InChI=1S/C14H15ClN4O2/c1-19(2)12-11(8-16-14(18-12)21-3)17-13(20)9-6-4-5-7-10(9)15/h4-8H,1-3H3,(H,17,20). The summed E-state index contributed by atoms with van der Waals surface area (Å²) >= 11 is 6.01. The number of methoxy groups -OCH3 is 1. The van der Waals surface area contributed by atoms with Gasteiger partial charge in [-0.2, -0.15) is 4.98 Å². The number of amides is 1. The maximum absolute atomic E-state index is 12.3. The summed E-state index contributed by atoms with van der Waals surface area (Å²) < 4.78 is 4.99. The van der Waals surface area contributed by atoms with Gasteiger partial charge in [0.15, 0.2) is 5.82 Å². The molecule has 0 aliphatic carbocycles. The van der Waals surface area contributed by atoms with Crippen LogP contribution in [0.3, 0.4) is 0 Å². The van der Waals surface area contributed by atoms with Crippen molar-refractivity contribution in [3.8, 4) is 6.01 Å². The molecule has 7 heteroatoms. The zero-order valence-electron chi connectivity index (χ0n) is 11.9. The van der Waals surface area contributed by atoms with Crippen molar-refractivity contribution in [3.05, 3.63) is 41.0 Å². The molecule has 1 aromatic carbocycles. The first-order valence-electron chi connectivity index (χ1n) is 6.17. The van der Waals surface area contributed by atoms with Crippen LogP contribution in [0, 0.1) is 0 Å². The van der Waals surface area contributed by atoms with E-state index in [1.807, 2.05) is 14.1 Å². The van der Waals surface area contributed by atoms with Gasteiger partial charge in [0, 0.05) is 14.1 Å². The number of carbonyl (C=O) groups excluding carboxylic acids is 1. The van der Waals surface area contributed by atoms with Gasteiger partial charge in [0.2, 0.25) is 0 Å². The van der Waals surface area contributed by atoms with Gasteiger partial charge in [-0.15, -0.1) is 0 Å². The molecule has 1 aromatic heterocycles. The zero-order chi connectivity index (χ0) is 15.4. The molecule has 2 rings (SSSR count). The van der Waals surface area contributed by atoms with Crippen LogP contribution < -0.4 is 15.0 Å². The molecule has 0 unspecified atom stereocenters. The van der Waals surface area contributed by atoms with E-state index in [9.17, 15) is 4.79 Å². The van der Waals surface area contributed by atoms with E-state index in [2.05, 4.69) is 15.3 Å². The van der Waals surface area contributed by atoms with E-state index < -0.39 is 0 Å². The first-order chi connectivity index (χ1) is 10.0. The minimum Gasteiger partial charge on any atom is -0.467 e. The Morgan fingerprint density at radius 1 is 1.33 bits per heavy atom. The number of halogens is 1. The lowest BCUT2D eigenvalue weighted by atomic mass is 10.2. The molecule has 1 heterocycles. The van der Waals surface area contributed by atoms with Gasteiger partial charge < -0.3 is 15.0 Å². The topological polar surface area (TPSA) is 67.3 Å². The number of hydrogen-bond acceptors (Lipinski definition) is 5. The molecule has 0 aliphatic heterocycles. The van der Waals surface area contributed by atoms with Gasteiger partial charge in [0.25, 0.3) is 5.91 Å². The van der Waals surface area contributed by atoms with Gasteiger partial charge >= 0.3 is 6.01 Å². The molecular weight excluding hydrogens is 292 g/mol. The second-order valence-corrected chi connectivity index (χ2v) is 4.83. The average molecular weight is 307 g/mol. The van der Waals surface area contributed by atoms with Gasteiger partial charge in [-0.25, -0.2) is 4.98 Å². The molecule has 110 valence electrons. The highest BCUT2D eigenvalue weighted by molar-refractivity contribution is 6.34. The summed E-state index contributed by atoms with van der Waals surface area (Å²) in [6.07, 6.45) is 1.50. The van der Waals surface area contributed by atoms with Crippen molar-refractivity contribution < 1.29 is 9.53 Å². The molecule has 21 heavy (non-hydrogen) atoms. The third-order valence-corrected chi connectivity index (χ3v) is 3.05. The summed E-state index contributed by atoms with van der Waals surface area (Å²) in [5.41, 5.74) is 0.866. The van der Waals surface area contributed by atoms with Crippen LogP contribution >= 0.6 is 11.6 Å². The SMILES string of the molecule is COc1ncc(NC(=O)c2ccccc2Cl)c(N(C)C)n1. The second kappa shape index (κ2) is 6.41. The monoisotopic (exact) mass is 306 g/mol. The van der Waals surface area contributed by atoms with E-state index >= 15 is 0 Å². The van der Waals surface area contributed by atoms with E-state index in [4.69, 9.17) is 16.3 Å². The molecule has 0 fully saturated rings. The first kappa shape index (κ1) is 15.1. The van der Waals surface area contributed by atoms with Crippen LogP contribution in [-0.4, -0.2) is 37.1 Å². The summed E-state index contributed by atoms with van der Waals surface area (Å²) in [7, 11) is 5.11. The van der Waals surface area contributed by atoms with E-state index in [0.717, 1.165) is 0 Å². The third kappa shape index (κ3) is 3.41. The highest BCUT2D eigenvalue weighted by atomic mass is 35.5. The molecule has 0 saturated carbocycles. The highest BCUT2D eigenvalue weighted by Gasteiger charge is 2.15. The van der Waals surface area contributed by atoms with Crippen LogP contribution in [0.2, 0.25) is 5.02 Å². The first-order valence-corrected chi connectivity index (χ1v) is 6.55. The summed E-state index contributed by atoms with van der Waals surface area (Å²) in [4.78, 5) is 22.2. The number of ether oxygens (including phenoxy) is 1. The Hall–Kier alpha value is -2.34. The van der Waals surface area contributed by atoms with Crippen molar-refractivity contribution in [2.75, 3.05) is 31.4 Å². The van der Waals surface area contributed by atoms with Crippen LogP contribution in [0.5, 0.6) is 6.01 Å². The molecule has 0 bridgehead atoms. The summed E-state index contributed by atoms with van der Waals surface area (Å²) in [6, 6.07) is 7.05. The van der Waals surface area contributed by atoms with Gasteiger partial charge in [-0.1, -0.05) is 23.7 Å². The van der Waals surface area contributed by atoms with E-state index in [-0.39, 0.29) is 11.9 Å². The maximum Gasteiger partial charge on any atom is 0.318 e. The Morgan fingerprint density at radius 2 is 2.05 bits per heavy atom. The largest absolute Gasteiger partial charge is 0.467 e. The Morgan fingerprint density at radius 3 is 2.67 bits per heavy atom. The van der Waals surface area contributed by atoms with Gasteiger partial charge in [-0.3, -0.25) is 4.79 Å². The fraction of sp³-hybridized carbons (Fsp3) is 0.214. The van der Waals surface area contributed by atoms with Crippen molar-refractivity contribution in [3.63, 3.8) is 0 Å². The van der Waals surface area contributed by atoms with Crippen molar-refractivity contribution in [2.45, 2.75) is 0 Å². The molecule has 0 spiro atoms. The zero-order valence-corrected chi connectivity index (χ0v) is 12.7. The van der Waals surface area contributed by atoms with Gasteiger partial charge in [0.1, 0.15) is 5.69 Å². The predicted octanol–water partition coefficient (Wildman–Crippen LogP) is 2.46. The maximum atomic E-state index is 12.3. The number of anilines is 2. The van der Waals surface area contributed by atoms with E-state index in [1.54, 1.807) is 29.2 Å². The van der Waals surface area contributed by atoms with Crippen LogP contribution in [0.15, 0.2) is 30.5 Å². The molecule has 1 amide bonds. The highest BCUT2D eigenvalue weighted by Crippen LogP contribution is 2.24. The van der Waals surface area contributed by atoms with Crippen molar-refractivity contribution >= 4 is 29.0 Å². The van der Waals surface area contributed by atoms with E-state index in [0.29, 0.717) is 22.1 Å². The minimum atomic E-state index is -0.322. The van der Waals surface area contributed by atoms with Crippen LogP contribution in [0.4, 0.5) is 11.5 Å². The third-order valence-electron chi connectivity index (χ3n) is 2.72. The molecule has 1 N–H and O–H groups in total. The Labute approximate surface area is 127 Å². The lowest BCUT2D eigenvalue weighted by molar-refractivity contribution is 0.102. The van der Waals surface area contributed by atoms with Gasteiger partial charge in [-0.05, 0) is 12.1 Å². The lowest BCUT2D eigenvalue weighted by Crippen LogP contribution is -2.18. The number of hydrogen-bond donors (Lipinski definition) is 1. The summed E-state index contributed by atoms with van der Waals surface area (Å²) in [6.45, 7) is 0. The smallest absolute Gasteiger partial charge is 0.318 e. The average Bonchev–Trinajstić information content (AvgIpc) is 2.47. The lowest BCUT2D eigenvalue weighted by Gasteiger charge is -2.17. The summed E-state index contributed by atoms with van der Waals surface area (Å²) in [5, 5.41) is 3.14. The van der Waals surface area contributed by atoms with Crippen molar-refractivity contribution in [1.29, 1.82) is 0 Å². The number of aromatic nitrogens is 2. The normalized spacial score (nSPS) is 10.1. The number of nitrogens with zero attached hydrogens (tertiary/aromatic N) is 3. The fourth-order valence-corrected chi connectivity index (χ4v) is 1.94. The Balaban J connectivity index is 2.31. The molecular formula is C14H15ClN4O2.